The van der Waals surface area contributed by atoms with Crippen molar-refractivity contribution in [3.05, 3.63) is 29.1 Å². The van der Waals surface area contributed by atoms with E-state index < -0.39 is 0 Å². The van der Waals surface area contributed by atoms with E-state index in [-0.39, 0.29) is 5.82 Å². The fraction of sp³-hybridized carbons (Fsp3) is 0.533. The summed E-state index contributed by atoms with van der Waals surface area (Å²) in [6, 6.07) is 5.45. The standard InChI is InChI=1S/C15H19FN2/c1-10-3-5-13(6-4-10)18-15-8-12(9-17)7-14(16)11(15)2/h7-8,10,13,18H,3-6H2,1-2H3. The number of halogens is 1. The van der Waals surface area contributed by atoms with Crippen molar-refractivity contribution in [3.63, 3.8) is 0 Å². The highest BCUT2D eigenvalue weighted by atomic mass is 19.1. The lowest BCUT2D eigenvalue weighted by atomic mass is 9.87. The fourth-order valence-electron chi connectivity index (χ4n) is 2.52. The van der Waals surface area contributed by atoms with Gasteiger partial charge in [-0.2, -0.15) is 5.26 Å². The van der Waals surface area contributed by atoms with Gasteiger partial charge in [-0.3, -0.25) is 0 Å². The molecule has 0 amide bonds. The monoisotopic (exact) mass is 246 g/mol. The van der Waals surface area contributed by atoms with Gasteiger partial charge in [0.05, 0.1) is 11.6 Å². The first-order valence-corrected chi connectivity index (χ1v) is 6.57. The maximum absolute atomic E-state index is 13.7. The quantitative estimate of drug-likeness (QED) is 0.856. The van der Waals surface area contributed by atoms with Gasteiger partial charge >= 0.3 is 0 Å². The summed E-state index contributed by atoms with van der Waals surface area (Å²) in [5.74, 6) is 0.493. The lowest BCUT2D eigenvalue weighted by molar-refractivity contribution is 0.361. The Kier molecular flexibility index (Phi) is 3.86. The molecular weight excluding hydrogens is 227 g/mol. The molecule has 2 nitrogen and oxygen atoms in total. The van der Waals surface area contributed by atoms with Crippen LogP contribution in [0.15, 0.2) is 12.1 Å². The summed E-state index contributed by atoms with van der Waals surface area (Å²) in [6.07, 6.45) is 4.69. The smallest absolute Gasteiger partial charge is 0.129 e. The van der Waals surface area contributed by atoms with Gasteiger partial charge in [0.2, 0.25) is 0 Å². The van der Waals surface area contributed by atoms with E-state index in [4.69, 9.17) is 5.26 Å². The lowest BCUT2D eigenvalue weighted by Crippen LogP contribution is -2.25. The molecule has 0 radical (unpaired) electrons. The minimum absolute atomic E-state index is 0.305. The first-order valence-electron chi connectivity index (χ1n) is 6.57. The normalized spacial score (nSPS) is 23.4. The maximum Gasteiger partial charge on any atom is 0.129 e. The first-order chi connectivity index (χ1) is 8.60. The van der Waals surface area contributed by atoms with E-state index in [1.165, 1.54) is 18.9 Å². The molecule has 18 heavy (non-hydrogen) atoms. The van der Waals surface area contributed by atoms with Crippen LogP contribution < -0.4 is 5.32 Å². The third-order valence-electron chi connectivity index (χ3n) is 3.85. The number of rotatable bonds is 2. The molecule has 0 bridgehead atoms. The van der Waals surface area contributed by atoms with Crippen molar-refractivity contribution >= 4 is 5.69 Å². The van der Waals surface area contributed by atoms with Gasteiger partial charge in [0.1, 0.15) is 5.82 Å². The Balaban J connectivity index is 2.14. The second-order valence-electron chi connectivity index (χ2n) is 5.34. The summed E-state index contributed by atoms with van der Waals surface area (Å²) in [5, 5.41) is 12.3. The van der Waals surface area contributed by atoms with Crippen LogP contribution in [0.4, 0.5) is 10.1 Å². The predicted octanol–water partition coefficient (Wildman–Crippen LogP) is 4.00. The number of nitrogens with one attached hydrogen (secondary N) is 1. The Hall–Kier alpha value is -1.56. The second-order valence-corrected chi connectivity index (χ2v) is 5.34. The van der Waals surface area contributed by atoms with Gasteiger partial charge in [-0.1, -0.05) is 6.92 Å². The summed E-state index contributed by atoms with van der Waals surface area (Å²) in [5.41, 5.74) is 1.75. The van der Waals surface area contributed by atoms with E-state index in [1.54, 1.807) is 13.0 Å². The molecule has 0 spiro atoms. The predicted molar refractivity (Wildman–Crippen MR) is 70.9 cm³/mol. The molecule has 0 heterocycles. The molecule has 1 N–H and O–H groups in total. The molecule has 0 saturated heterocycles. The third kappa shape index (κ3) is 2.81. The zero-order valence-corrected chi connectivity index (χ0v) is 11.0. The molecule has 1 saturated carbocycles. The molecule has 0 aliphatic heterocycles. The summed E-state index contributed by atoms with van der Waals surface area (Å²) >= 11 is 0. The Morgan fingerprint density at radius 1 is 1.28 bits per heavy atom. The summed E-state index contributed by atoms with van der Waals surface area (Å²) in [6.45, 7) is 4.03. The SMILES string of the molecule is Cc1c(F)cc(C#N)cc1NC1CCC(C)CC1. The number of anilines is 1. The van der Waals surface area contributed by atoms with Crippen LogP contribution in [0, 0.1) is 30.0 Å². The van der Waals surface area contributed by atoms with Gasteiger partial charge in [0, 0.05) is 17.3 Å². The highest BCUT2D eigenvalue weighted by Crippen LogP contribution is 2.28. The Bertz CT molecular complexity index is 468. The van der Waals surface area contributed by atoms with Crippen LogP contribution in [0.2, 0.25) is 0 Å². The average Bonchev–Trinajstić information content (AvgIpc) is 2.37. The van der Waals surface area contributed by atoms with Gasteiger partial charge < -0.3 is 5.32 Å². The number of benzene rings is 1. The van der Waals surface area contributed by atoms with Gasteiger partial charge in [-0.25, -0.2) is 4.39 Å². The molecule has 96 valence electrons. The molecule has 3 heteroatoms. The molecule has 2 rings (SSSR count). The van der Waals surface area contributed by atoms with Crippen molar-refractivity contribution in [2.45, 2.75) is 45.6 Å². The van der Waals surface area contributed by atoms with Crippen LogP contribution in [0.1, 0.15) is 43.7 Å². The largest absolute Gasteiger partial charge is 0.382 e. The van der Waals surface area contributed by atoms with Crippen molar-refractivity contribution in [1.29, 1.82) is 5.26 Å². The maximum atomic E-state index is 13.7. The van der Waals surface area contributed by atoms with E-state index in [0.29, 0.717) is 17.2 Å². The zero-order valence-electron chi connectivity index (χ0n) is 11.0. The lowest BCUT2D eigenvalue weighted by Gasteiger charge is -2.28. The molecule has 0 aromatic heterocycles. The van der Waals surface area contributed by atoms with Crippen LogP contribution in [-0.4, -0.2) is 6.04 Å². The first kappa shape index (κ1) is 12.9. The Morgan fingerprint density at radius 3 is 2.56 bits per heavy atom. The van der Waals surface area contributed by atoms with Crippen LogP contribution in [-0.2, 0) is 0 Å². The van der Waals surface area contributed by atoms with E-state index in [2.05, 4.69) is 12.2 Å². The molecule has 1 aromatic carbocycles. The molecular formula is C15H19FN2. The van der Waals surface area contributed by atoms with Crippen LogP contribution in [0.3, 0.4) is 0 Å². The highest BCUT2D eigenvalue weighted by Gasteiger charge is 2.19. The van der Waals surface area contributed by atoms with Gasteiger partial charge in [0.25, 0.3) is 0 Å². The van der Waals surface area contributed by atoms with Gasteiger partial charge in [-0.05, 0) is 50.7 Å². The van der Waals surface area contributed by atoms with Gasteiger partial charge in [0.15, 0.2) is 0 Å². The van der Waals surface area contributed by atoms with Crippen molar-refractivity contribution < 1.29 is 4.39 Å². The van der Waals surface area contributed by atoms with E-state index in [9.17, 15) is 4.39 Å². The molecule has 1 fully saturated rings. The van der Waals surface area contributed by atoms with Crippen LogP contribution in [0.25, 0.3) is 0 Å². The second kappa shape index (κ2) is 5.39. The van der Waals surface area contributed by atoms with Crippen LogP contribution in [0.5, 0.6) is 0 Å². The van der Waals surface area contributed by atoms with E-state index in [1.807, 2.05) is 6.07 Å². The molecule has 1 aliphatic rings. The average molecular weight is 246 g/mol. The van der Waals surface area contributed by atoms with Crippen molar-refractivity contribution in [3.8, 4) is 6.07 Å². The summed E-state index contributed by atoms with van der Waals surface area (Å²) in [7, 11) is 0. The molecule has 0 unspecified atom stereocenters. The number of nitrogens with zero attached hydrogens (tertiary/aromatic N) is 1. The Labute approximate surface area is 108 Å². The van der Waals surface area contributed by atoms with E-state index in [0.717, 1.165) is 24.4 Å². The molecule has 0 atom stereocenters. The number of hydrogen-bond donors (Lipinski definition) is 1. The topological polar surface area (TPSA) is 35.8 Å². The minimum Gasteiger partial charge on any atom is -0.382 e. The third-order valence-corrected chi connectivity index (χ3v) is 3.85. The molecule has 1 aromatic rings. The van der Waals surface area contributed by atoms with Crippen molar-refractivity contribution in [2.24, 2.45) is 5.92 Å². The molecule has 1 aliphatic carbocycles. The number of nitriles is 1. The highest BCUT2D eigenvalue weighted by molar-refractivity contribution is 5.56. The summed E-state index contributed by atoms with van der Waals surface area (Å²) in [4.78, 5) is 0. The minimum atomic E-state index is -0.305. The fourth-order valence-corrected chi connectivity index (χ4v) is 2.52. The van der Waals surface area contributed by atoms with Gasteiger partial charge in [-0.15, -0.1) is 0 Å². The summed E-state index contributed by atoms with van der Waals surface area (Å²) < 4.78 is 13.7. The van der Waals surface area contributed by atoms with Crippen LogP contribution >= 0.6 is 0 Å². The van der Waals surface area contributed by atoms with Crippen molar-refractivity contribution in [1.82, 2.24) is 0 Å². The van der Waals surface area contributed by atoms with Crippen molar-refractivity contribution in [2.75, 3.05) is 5.32 Å². The number of hydrogen-bond acceptors (Lipinski definition) is 2. The van der Waals surface area contributed by atoms with E-state index >= 15 is 0 Å². The Morgan fingerprint density at radius 2 is 1.94 bits per heavy atom. The zero-order chi connectivity index (χ0) is 13.1.